The molecule has 0 aromatic carbocycles. The molecule has 0 aromatic rings. The van der Waals surface area contributed by atoms with Crippen LogP contribution in [0.5, 0.6) is 0 Å². The van der Waals surface area contributed by atoms with Crippen LogP contribution in [0.4, 0.5) is 0 Å². The zero-order chi connectivity index (χ0) is 28.9. The summed E-state index contributed by atoms with van der Waals surface area (Å²) in [5.41, 5.74) is -0.0439. The Hall–Kier alpha value is -0.473. The molecule has 4 rings (SSSR count). The summed E-state index contributed by atoms with van der Waals surface area (Å²) in [6.07, 6.45) is 7.30. The predicted molar refractivity (Wildman–Crippen MR) is 159 cm³/mol. The average Bonchev–Trinajstić information content (AvgIpc) is 3.41. The number of nitrogens with one attached hydrogen (secondary N) is 1. The van der Waals surface area contributed by atoms with Crippen molar-refractivity contribution in [2.24, 2.45) is 34.5 Å². The molecule has 0 radical (unpaired) electrons. The maximum atomic E-state index is 12.5. The van der Waals surface area contributed by atoms with E-state index in [0.717, 1.165) is 58.0 Å². The van der Waals surface area contributed by atoms with Gasteiger partial charge in [0.25, 0.3) is 0 Å². The van der Waals surface area contributed by atoms with E-state index in [0.29, 0.717) is 36.9 Å². The number of carbonyl (C=O) groups excluding carboxylic acids is 1. The van der Waals surface area contributed by atoms with Gasteiger partial charge >= 0.3 is 5.97 Å². The number of fused-ring (bicyclic) bond motifs is 2. The van der Waals surface area contributed by atoms with Crippen LogP contribution in [0.3, 0.4) is 0 Å². The summed E-state index contributed by atoms with van der Waals surface area (Å²) in [4.78, 5) is 12.5. The lowest BCUT2D eigenvalue weighted by atomic mass is 9.50. The lowest BCUT2D eigenvalue weighted by molar-refractivity contribution is -0.245. The highest BCUT2D eigenvalue weighted by Gasteiger charge is 2.66. The fraction of sp³-hybridized carbons (Fsp3) is 0.969. The van der Waals surface area contributed by atoms with Crippen molar-refractivity contribution in [1.29, 1.82) is 0 Å². The zero-order valence-corrected chi connectivity index (χ0v) is 27.8. The summed E-state index contributed by atoms with van der Waals surface area (Å²) in [7, 11) is -1.91. The summed E-state index contributed by atoms with van der Waals surface area (Å²) in [5.74, 6) is 1.54. The Morgan fingerprint density at radius 2 is 1.67 bits per heavy atom. The summed E-state index contributed by atoms with van der Waals surface area (Å²) < 4.78 is 26.0. The molecule has 3 saturated carbocycles. The Bertz CT molecular complexity index is 865. The van der Waals surface area contributed by atoms with Gasteiger partial charge in [-0.05, 0) is 87.0 Å². The third-order valence-corrected chi connectivity index (χ3v) is 16.3. The molecule has 1 heterocycles. The van der Waals surface area contributed by atoms with Crippen molar-refractivity contribution < 1.29 is 23.4 Å². The standard InChI is InChI=1S/C32H59NO5Si/c1-22(2)20-33-21-25-26(12-15-31(8)27(25)13-16-32(31)35-17-18-36-32)30(7)14-11-24(19-28(30)37-23(3)34)38-39(9,10)29(4,5)6/h22,24-28,33H,11-21H2,1-10H3/t24-,25+,26?,27?,28-,30+,31-/m0/s1. The van der Waals surface area contributed by atoms with Crippen LogP contribution >= 0.6 is 0 Å². The Labute approximate surface area is 240 Å². The van der Waals surface area contributed by atoms with Gasteiger partial charge in [0.05, 0.1) is 13.2 Å². The van der Waals surface area contributed by atoms with E-state index in [9.17, 15) is 4.79 Å². The monoisotopic (exact) mass is 565 g/mol. The molecule has 226 valence electrons. The average molecular weight is 566 g/mol. The van der Waals surface area contributed by atoms with Crippen LogP contribution in [-0.4, -0.2) is 58.6 Å². The first kappa shape index (κ1) is 31.5. The fourth-order valence-corrected chi connectivity index (χ4v) is 9.98. The molecule has 3 aliphatic carbocycles. The molecule has 7 heteroatoms. The van der Waals surface area contributed by atoms with Crippen molar-refractivity contribution in [1.82, 2.24) is 5.32 Å². The van der Waals surface area contributed by atoms with Crippen molar-refractivity contribution in [3.63, 3.8) is 0 Å². The summed E-state index contributed by atoms with van der Waals surface area (Å²) in [5, 5.41) is 4.01. The van der Waals surface area contributed by atoms with Crippen molar-refractivity contribution in [3.8, 4) is 0 Å². The first-order valence-electron chi connectivity index (χ1n) is 15.9. The Balaban J connectivity index is 1.61. The van der Waals surface area contributed by atoms with Gasteiger partial charge in [-0.25, -0.2) is 0 Å². The van der Waals surface area contributed by atoms with E-state index >= 15 is 0 Å². The smallest absolute Gasteiger partial charge is 0.302 e. The van der Waals surface area contributed by atoms with Crippen LogP contribution in [0.2, 0.25) is 18.1 Å². The number of hydrogen-bond donors (Lipinski definition) is 1. The van der Waals surface area contributed by atoms with E-state index in [1.54, 1.807) is 6.92 Å². The van der Waals surface area contributed by atoms with Gasteiger partial charge in [0.2, 0.25) is 0 Å². The molecule has 39 heavy (non-hydrogen) atoms. The molecule has 1 spiro atoms. The predicted octanol–water partition coefficient (Wildman–Crippen LogP) is 6.93. The van der Waals surface area contributed by atoms with E-state index in [1.165, 1.54) is 0 Å². The minimum Gasteiger partial charge on any atom is -0.462 e. The van der Waals surface area contributed by atoms with Gasteiger partial charge < -0.3 is 24.0 Å². The van der Waals surface area contributed by atoms with Gasteiger partial charge in [-0.3, -0.25) is 4.79 Å². The number of ether oxygens (including phenoxy) is 3. The number of carbonyl (C=O) groups is 1. The molecule has 1 saturated heterocycles. The van der Waals surface area contributed by atoms with Crippen molar-refractivity contribution >= 4 is 14.3 Å². The molecule has 4 aliphatic rings. The number of esters is 1. The lowest BCUT2D eigenvalue weighted by Crippen LogP contribution is -2.59. The SMILES string of the molecule is CC(=O)O[C@H]1C[C@@H](O[Si](C)(C)C(C)(C)C)CC[C@]1(C)C1CC[C@@]2(C)C(CCC23OCCO3)[C@@H]1CNCC(C)C. The molecule has 0 bridgehead atoms. The van der Waals surface area contributed by atoms with Crippen LogP contribution in [0.1, 0.15) is 100 Å². The van der Waals surface area contributed by atoms with Crippen LogP contribution < -0.4 is 5.32 Å². The zero-order valence-electron chi connectivity index (χ0n) is 26.8. The molecule has 1 N–H and O–H groups in total. The summed E-state index contributed by atoms with van der Waals surface area (Å²) in [6, 6.07) is 0. The van der Waals surface area contributed by atoms with Gasteiger partial charge in [0, 0.05) is 36.7 Å². The van der Waals surface area contributed by atoms with Crippen molar-refractivity contribution in [3.05, 3.63) is 0 Å². The van der Waals surface area contributed by atoms with E-state index in [1.807, 2.05) is 0 Å². The van der Waals surface area contributed by atoms with Gasteiger partial charge in [-0.15, -0.1) is 0 Å². The highest BCUT2D eigenvalue weighted by atomic mass is 28.4. The van der Waals surface area contributed by atoms with Crippen molar-refractivity contribution in [2.45, 2.75) is 136 Å². The fourth-order valence-electron chi connectivity index (χ4n) is 8.58. The lowest BCUT2D eigenvalue weighted by Gasteiger charge is -2.58. The minimum absolute atomic E-state index is 0.0279. The van der Waals surface area contributed by atoms with Crippen LogP contribution in [0.25, 0.3) is 0 Å². The second kappa shape index (κ2) is 11.3. The molecule has 4 fully saturated rings. The second-order valence-corrected chi connectivity index (χ2v) is 20.5. The minimum atomic E-state index is -1.91. The highest BCUT2D eigenvalue weighted by Crippen LogP contribution is 2.66. The highest BCUT2D eigenvalue weighted by molar-refractivity contribution is 6.74. The van der Waals surface area contributed by atoms with E-state index in [2.05, 4.69) is 66.9 Å². The van der Waals surface area contributed by atoms with Gasteiger partial charge in [0.15, 0.2) is 14.1 Å². The van der Waals surface area contributed by atoms with E-state index < -0.39 is 14.1 Å². The molecular weight excluding hydrogens is 506 g/mol. The number of rotatable bonds is 8. The quantitative estimate of drug-likeness (QED) is 0.254. The van der Waals surface area contributed by atoms with E-state index in [4.69, 9.17) is 18.6 Å². The first-order chi connectivity index (χ1) is 18.0. The first-order valence-corrected chi connectivity index (χ1v) is 18.8. The molecule has 1 aliphatic heterocycles. The second-order valence-electron chi connectivity index (χ2n) is 15.8. The molecule has 0 amide bonds. The molecule has 0 aromatic heterocycles. The third kappa shape index (κ3) is 5.91. The van der Waals surface area contributed by atoms with Gasteiger partial charge in [-0.2, -0.15) is 0 Å². The Kier molecular flexibility index (Phi) is 9.13. The van der Waals surface area contributed by atoms with E-state index in [-0.39, 0.29) is 34.0 Å². The summed E-state index contributed by atoms with van der Waals surface area (Å²) in [6.45, 7) is 26.0. The van der Waals surface area contributed by atoms with Crippen LogP contribution in [0, 0.1) is 34.5 Å². The molecule has 7 atom stereocenters. The van der Waals surface area contributed by atoms with Crippen LogP contribution in [0.15, 0.2) is 0 Å². The Morgan fingerprint density at radius 3 is 2.26 bits per heavy atom. The summed E-state index contributed by atoms with van der Waals surface area (Å²) >= 11 is 0. The third-order valence-electron chi connectivity index (χ3n) is 11.8. The normalized spacial score (nSPS) is 38.8. The van der Waals surface area contributed by atoms with Gasteiger partial charge in [-0.1, -0.05) is 48.5 Å². The topological polar surface area (TPSA) is 66.0 Å². The molecular formula is C32H59NO5Si. The number of hydrogen-bond acceptors (Lipinski definition) is 6. The Morgan fingerprint density at radius 1 is 1.03 bits per heavy atom. The maximum Gasteiger partial charge on any atom is 0.302 e. The molecule has 2 unspecified atom stereocenters. The maximum absolute atomic E-state index is 12.5. The largest absolute Gasteiger partial charge is 0.462 e. The van der Waals surface area contributed by atoms with Crippen LogP contribution in [-0.2, 0) is 23.4 Å². The molecule has 6 nitrogen and oxygen atoms in total. The van der Waals surface area contributed by atoms with Crippen molar-refractivity contribution in [2.75, 3.05) is 26.3 Å². The van der Waals surface area contributed by atoms with Gasteiger partial charge in [0.1, 0.15) is 6.10 Å².